The number of amides is 4. The Hall–Kier alpha value is -3.02. The van der Waals surface area contributed by atoms with Crippen LogP contribution in [0.25, 0.3) is 0 Å². The van der Waals surface area contributed by atoms with E-state index in [0.29, 0.717) is 13.1 Å². The predicted octanol–water partition coefficient (Wildman–Crippen LogP) is 3.48. The predicted molar refractivity (Wildman–Crippen MR) is 127 cm³/mol. The maximum Gasteiger partial charge on any atom is 0.315 e. The minimum Gasteiger partial charge on any atom is -0.338 e. The Labute approximate surface area is 190 Å². The van der Waals surface area contributed by atoms with Gasteiger partial charge in [-0.15, -0.1) is 0 Å². The third kappa shape index (κ3) is 6.25. The van der Waals surface area contributed by atoms with E-state index in [9.17, 15) is 9.59 Å². The number of hydrogen-bond donors (Lipinski definition) is 4. The van der Waals surface area contributed by atoms with E-state index in [1.165, 1.54) is 22.3 Å². The fraction of sp³-hybridized carbons (Fsp3) is 0.462. The van der Waals surface area contributed by atoms with Crippen molar-refractivity contribution in [1.82, 2.24) is 21.3 Å². The van der Waals surface area contributed by atoms with Crippen LogP contribution in [0, 0.1) is 0 Å². The van der Waals surface area contributed by atoms with Crippen molar-refractivity contribution in [1.29, 1.82) is 0 Å². The van der Waals surface area contributed by atoms with Crippen LogP contribution in [0.15, 0.2) is 48.5 Å². The molecule has 0 aliphatic heterocycles. The second-order valence-electron chi connectivity index (χ2n) is 8.92. The van der Waals surface area contributed by atoms with Gasteiger partial charge in [0.2, 0.25) is 0 Å². The lowest BCUT2D eigenvalue weighted by molar-refractivity contribution is 0.233. The summed E-state index contributed by atoms with van der Waals surface area (Å²) >= 11 is 0. The van der Waals surface area contributed by atoms with Crippen molar-refractivity contribution in [2.75, 3.05) is 13.1 Å². The second-order valence-corrected chi connectivity index (χ2v) is 8.92. The van der Waals surface area contributed by atoms with Crippen LogP contribution in [0.2, 0.25) is 0 Å². The van der Waals surface area contributed by atoms with Gasteiger partial charge in [0.25, 0.3) is 0 Å². The third-order valence-corrected chi connectivity index (χ3v) is 6.54. The Morgan fingerprint density at radius 1 is 0.656 bits per heavy atom. The molecule has 2 aromatic rings. The number of carbonyl (C=O) groups excluding carboxylic acids is 2. The lowest BCUT2D eigenvalue weighted by Crippen LogP contribution is -2.45. The first-order valence-corrected chi connectivity index (χ1v) is 11.9. The summed E-state index contributed by atoms with van der Waals surface area (Å²) in [5, 5.41) is 12.1. The van der Waals surface area contributed by atoms with Crippen LogP contribution >= 0.6 is 0 Å². The van der Waals surface area contributed by atoms with E-state index < -0.39 is 0 Å². The summed E-state index contributed by atoms with van der Waals surface area (Å²) in [5.74, 6) is 0. The summed E-state index contributed by atoms with van der Waals surface area (Å²) < 4.78 is 0. The number of nitrogens with one attached hydrogen (secondary N) is 4. The Kier molecular flexibility index (Phi) is 7.64. The van der Waals surface area contributed by atoms with E-state index in [0.717, 1.165) is 51.4 Å². The molecule has 0 saturated carbocycles. The van der Waals surface area contributed by atoms with Gasteiger partial charge in [-0.05, 0) is 73.6 Å². The van der Waals surface area contributed by atoms with Crippen LogP contribution in [0.1, 0.15) is 47.9 Å². The average Bonchev–Trinajstić information content (AvgIpc) is 2.81. The molecule has 0 fully saturated rings. The monoisotopic (exact) mass is 434 g/mol. The van der Waals surface area contributed by atoms with Gasteiger partial charge in [0.1, 0.15) is 0 Å². The molecule has 0 radical (unpaired) electrons. The molecule has 4 N–H and O–H groups in total. The molecule has 2 aromatic carbocycles. The summed E-state index contributed by atoms with van der Waals surface area (Å²) in [4.78, 5) is 24.3. The highest BCUT2D eigenvalue weighted by atomic mass is 16.2. The van der Waals surface area contributed by atoms with Gasteiger partial charge in [0.05, 0.1) is 0 Å². The van der Waals surface area contributed by atoms with E-state index in [2.05, 4.69) is 69.8 Å². The minimum absolute atomic E-state index is 0.0994. The largest absolute Gasteiger partial charge is 0.338 e. The molecule has 6 nitrogen and oxygen atoms in total. The molecule has 2 atom stereocenters. The standard InChI is InChI=1S/C26H34N4O2/c31-25(29-23-13-11-19-7-1-3-9-21(19)17-23)27-15-5-6-16-28-26(32)30-24-14-12-20-8-2-4-10-22(20)18-24/h1-4,7-10,23-24H,5-6,11-18H2,(H2,27,29,31)(H2,28,30,32). The van der Waals surface area contributed by atoms with Gasteiger partial charge < -0.3 is 21.3 Å². The first kappa shape index (κ1) is 22.2. The third-order valence-electron chi connectivity index (χ3n) is 6.54. The smallest absolute Gasteiger partial charge is 0.315 e. The van der Waals surface area contributed by atoms with E-state index in [4.69, 9.17) is 0 Å². The Balaban J connectivity index is 1.04. The van der Waals surface area contributed by atoms with Crippen LogP contribution in [0.5, 0.6) is 0 Å². The van der Waals surface area contributed by atoms with E-state index >= 15 is 0 Å². The highest BCUT2D eigenvalue weighted by molar-refractivity contribution is 5.74. The van der Waals surface area contributed by atoms with Crippen molar-refractivity contribution >= 4 is 12.1 Å². The van der Waals surface area contributed by atoms with Crippen molar-refractivity contribution in [3.63, 3.8) is 0 Å². The first-order chi connectivity index (χ1) is 15.7. The molecular formula is C26H34N4O2. The topological polar surface area (TPSA) is 82.3 Å². The lowest BCUT2D eigenvalue weighted by atomic mass is 9.88. The van der Waals surface area contributed by atoms with Crippen molar-refractivity contribution in [2.45, 2.75) is 63.5 Å². The molecule has 6 heteroatoms. The number of carbonyl (C=O) groups is 2. The van der Waals surface area contributed by atoms with Gasteiger partial charge in [0.15, 0.2) is 0 Å². The molecule has 4 rings (SSSR count). The number of urea groups is 2. The maximum absolute atomic E-state index is 12.2. The number of unbranched alkanes of at least 4 members (excludes halogenated alkanes) is 1. The van der Waals surface area contributed by atoms with Crippen LogP contribution in [0.4, 0.5) is 9.59 Å². The molecule has 0 spiro atoms. The summed E-state index contributed by atoms with van der Waals surface area (Å²) in [6.45, 7) is 1.22. The molecule has 2 unspecified atom stereocenters. The summed E-state index contributed by atoms with van der Waals surface area (Å²) in [7, 11) is 0. The Bertz CT molecular complexity index is 854. The fourth-order valence-electron chi connectivity index (χ4n) is 4.77. The summed E-state index contributed by atoms with van der Waals surface area (Å²) in [6.07, 6.45) is 7.46. The molecule has 0 bridgehead atoms. The van der Waals surface area contributed by atoms with E-state index in [1.54, 1.807) is 0 Å². The zero-order valence-electron chi connectivity index (χ0n) is 18.7. The van der Waals surface area contributed by atoms with Gasteiger partial charge in [0, 0.05) is 25.2 Å². The van der Waals surface area contributed by atoms with Gasteiger partial charge in [-0.25, -0.2) is 9.59 Å². The summed E-state index contributed by atoms with van der Waals surface area (Å²) in [5.41, 5.74) is 5.48. The van der Waals surface area contributed by atoms with Crippen LogP contribution in [0.3, 0.4) is 0 Å². The highest BCUT2D eigenvalue weighted by Gasteiger charge is 2.20. The molecule has 0 aromatic heterocycles. The van der Waals surface area contributed by atoms with Gasteiger partial charge in [-0.3, -0.25) is 0 Å². The van der Waals surface area contributed by atoms with Gasteiger partial charge in [-0.2, -0.15) is 0 Å². The number of benzene rings is 2. The lowest BCUT2D eigenvalue weighted by Gasteiger charge is -2.25. The van der Waals surface area contributed by atoms with Gasteiger partial charge >= 0.3 is 12.1 Å². The Morgan fingerprint density at radius 2 is 1.06 bits per heavy atom. The quantitative estimate of drug-likeness (QED) is 0.503. The van der Waals surface area contributed by atoms with E-state index in [1.807, 2.05) is 0 Å². The zero-order chi connectivity index (χ0) is 22.2. The van der Waals surface area contributed by atoms with Gasteiger partial charge in [-0.1, -0.05) is 48.5 Å². The van der Waals surface area contributed by atoms with Crippen molar-refractivity contribution < 1.29 is 9.59 Å². The molecule has 4 amide bonds. The molecule has 0 saturated heterocycles. The minimum atomic E-state index is -0.0994. The first-order valence-electron chi connectivity index (χ1n) is 11.9. The van der Waals surface area contributed by atoms with Crippen LogP contribution < -0.4 is 21.3 Å². The SMILES string of the molecule is O=C(NCCCCNC(=O)NC1CCc2ccccc2C1)NC1CCc2ccccc2C1. The van der Waals surface area contributed by atoms with Crippen molar-refractivity contribution in [3.05, 3.63) is 70.8 Å². The number of hydrogen-bond acceptors (Lipinski definition) is 2. The maximum atomic E-state index is 12.2. The molecule has 170 valence electrons. The number of aryl methyl sites for hydroxylation is 2. The van der Waals surface area contributed by atoms with Crippen LogP contribution in [-0.4, -0.2) is 37.2 Å². The highest BCUT2D eigenvalue weighted by Crippen LogP contribution is 2.21. The van der Waals surface area contributed by atoms with Crippen molar-refractivity contribution in [3.8, 4) is 0 Å². The fourth-order valence-corrected chi connectivity index (χ4v) is 4.77. The molecule has 32 heavy (non-hydrogen) atoms. The van der Waals surface area contributed by atoms with Crippen LogP contribution in [-0.2, 0) is 25.7 Å². The molecule has 0 heterocycles. The van der Waals surface area contributed by atoms with E-state index in [-0.39, 0.29) is 24.1 Å². The van der Waals surface area contributed by atoms with Crippen molar-refractivity contribution in [2.24, 2.45) is 0 Å². The number of fused-ring (bicyclic) bond motifs is 2. The summed E-state index contributed by atoms with van der Waals surface area (Å²) in [6, 6.07) is 17.1. The second kappa shape index (κ2) is 11.0. The molecule has 2 aliphatic rings. The molecule has 2 aliphatic carbocycles. The zero-order valence-corrected chi connectivity index (χ0v) is 18.7. The average molecular weight is 435 g/mol. The Morgan fingerprint density at radius 3 is 1.50 bits per heavy atom. The molecular weight excluding hydrogens is 400 g/mol. The number of rotatable bonds is 7. The normalized spacial score (nSPS) is 19.2.